The highest BCUT2D eigenvalue weighted by Crippen LogP contribution is 2.40. The van der Waals surface area contributed by atoms with Crippen LogP contribution in [0.15, 0.2) is 84.9 Å². The van der Waals surface area contributed by atoms with E-state index in [1.807, 2.05) is 12.1 Å². The molecule has 0 aromatic heterocycles. The van der Waals surface area contributed by atoms with Gasteiger partial charge in [0, 0.05) is 26.2 Å². The smallest absolute Gasteiger partial charge is 0.410 e. The van der Waals surface area contributed by atoms with E-state index >= 15 is 0 Å². The molecule has 0 aliphatic carbocycles. The largest absolute Gasteiger partial charge is 0.465 e. The van der Waals surface area contributed by atoms with Crippen molar-refractivity contribution in [2.45, 2.75) is 62.8 Å². The molecule has 14 heteroatoms. The predicted octanol–water partition coefficient (Wildman–Crippen LogP) is 7.58. The predicted molar refractivity (Wildman–Crippen MR) is 232 cm³/mol. The topological polar surface area (TPSA) is 118 Å². The summed E-state index contributed by atoms with van der Waals surface area (Å²) >= 11 is 0. The lowest BCUT2D eigenvalue weighted by Crippen LogP contribution is -2.53. The van der Waals surface area contributed by atoms with Gasteiger partial charge in [-0.3, -0.25) is 19.6 Å². The quantitative estimate of drug-likeness (QED) is 0.142. The molecule has 12 rings (SSSR count). The fourth-order valence-corrected chi connectivity index (χ4v) is 10.6. The molecule has 8 aliphatic rings. The number of piperidine rings is 6. The first-order valence-electron chi connectivity index (χ1n) is 22.4. The summed E-state index contributed by atoms with van der Waals surface area (Å²) in [6.07, 6.45) is 4.65. The minimum Gasteiger partial charge on any atom is -0.465 e. The van der Waals surface area contributed by atoms with Crippen molar-refractivity contribution in [3.63, 3.8) is 0 Å². The third-order valence-electron chi connectivity index (χ3n) is 14.1. The Morgan fingerprint density at radius 3 is 1.22 bits per heavy atom. The second-order valence-corrected chi connectivity index (χ2v) is 17.7. The van der Waals surface area contributed by atoms with Crippen LogP contribution in [0.4, 0.5) is 18.4 Å². The molecule has 2 amide bonds. The van der Waals surface area contributed by atoms with E-state index in [1.54, 1.807) is 58.3 Å². The number of hydrogen-bond acceptors (Lipinski definition) is 10. The normalized spacial score (nSPS) is 26.4. The van der Waals surface area contributed by atoms with Crippen LogP contribution in [-0.2, 0) is 31.8 Å². The Balaban J connectivity index is 0.000000162. The first kappa shape index (κ1) is 43.4. The van der Waals surface area contributed by atoms with Crippen LogP contribution in [0.2, 0.25) is 0 Å². The van der Waals surface area contributed by atoms with Crippen LogP contribution in [0.25, 0.3) is 0 Å². The highest BCUT2D eigenvalue weighted by Gasteiger charge is 2.42. The van der Waals surface area contributed by atoms with Gasteiger partial charge in [0.2, 0.25) is 0 Å². The fourth-order valence-electron chi connectivity index (χ4n) is 10.6. The number of amides is 2. The van der Waals surface area contributed by atoms with Gasteiger partial charge in [0.05, 0.1) is 37.4 Å². The van der Waals surface area contributed by atoms with E-state index in [0.717, 1.165) is 98.3 Å². The number of ether oxygens (including phenoxy) is 4. The van der Waals surface area contributed by atoms with Crippen LogP contribution in [0.3, 0.4) is 0 Å². The average molecular weight is 877 g/mol. The molecule has 8 aliphatic heterocycles. The number of carbonyl (C=O) groups is 4. The maximum Gasteiger partial charge on any atom is 0.410 e. The maximum atomic E-state index is 13.6. The van der Waals surface area contributed by atoms with E-state index in [1.165, 1.54) is 38.5 Å². The maximum absolute atomic E-state index is 13.6. The summed E-state index contributed by atoms with van der Waals surface area (Å²) < 4.78 is 49.1. The van der Waals surface area contributed by atoms with Crippen molar-refractivity contribution in [1.29, 1.82) is 0 Å². The summed E-state index contributed by atoms with van der Waals surface area (Å²) in [6.45, 7) is 6.85. The van der Waals surface area contributed by atoms with Gasteiger partial charge in [-0.15, -0.1) is 0 Å². The molecule has 4 bridgehead atoms. The Hall–Kier alpha value is -5.86. The van der Waals surface area contributed by atoms with Crippen molar-refractivity contribution in [2.75, 3.05) is 66.6 Å². The van der Waals surface area contributed by atoms with Crippen LogP contribution in [0.1, 0.15) is 91.9 Å². The Morgan fingerprint density at radius 1 is 0.516 bits per heavy atom. The number of methoxy groups -OCH3 is 2. The molecule has 12 nitrogen and oxygen atoms in total. The van der Waals surface area contributed by atoms with Gasteiger partial charge >= 0.3 is 24.1 Å². The van der Waals surface area contributed by atoms with Gasteiger partial charge in [-0.05, 0) is 158 Å². The molecular formula is C50H54F2N4O8. The number of nitrogens with zero attached hydrogens (tertiary/aromatic N) is 4. The van der Waals surface area contributed by atoms with Crippen LogP contribution in [0, 0.1) is 23.5 Å². The molecule has 6 fully saturated rings. The summed E-state index contributed by atoms with van der Waals surface area (Å²) in [5.74, 6) is -0.716. The number of esters is 2. The average Bonchev–Trinajstić information content (AvgIpc) is 3.34. The zero-order chi connectivity index (χ0) is 44.5. The summed E-state index contributed by atoms with van der Waals surface area (Å²) in [7, 11) is 2.69. The van der Waals surface area contributed by atoms with E-state index in [0.29, 0.717) is 48.9 Å². The van der Waals surface area contributed by atoms with Gasteiger partial charge in [0.25, 0.3) is 0 Å². The van der Waals surface area contributed by atoms with Gasteiger partial charge in [-0.25, -0.2) is 28.0 Å². The summed E-state index contributed by atoms with van der Waals surface area (Å²) in [4.78, 5) is 59.2. The van der Waals surface area contributed by atoms with Crippen molar-refractivity contribution in [3.05, 3.63) is 141 Å². The number of benzene rings is 4. The first-order chi connectivity index (χ1) is 31.1. The molecule has 64 heavy (non-hydrogen) atoms. The van der Waals surface area contributed by atoms with Crippen LogP contribution in [-0.4, -0.2) is 123 Å². The minimum absolute atomic E-state index is 0.0957. The van der Waals surface area contributed by atoms with E-state index < -0.39 is 24.0 Å². The highest BCUT2D eigenvalue weighted by molar-refractivity contribution is 5.90. The summed E-state index contributed by atoms with van der Waals surface area (Å²) in [5.41, 5.74) is 6.20. The molecule has 336 valence electrons. The highest BCUT2D eigenvalue weighted by atomic mass is 19.1. The van der Waals surface area contributed by atoms with Crippen LogP contribution >= 0.6 is 0 Å². The molecule has 4 aromatic carbocycles. The third-order valence-corrected chi connectivity index (χ3v) is 14.1. The summed E-state index contributed by atoms with van der Waals surface area (Å²) in [6, 6.07) is 22.3. The minimum atomic E-state index is -0.461. The Bertz CT molecular complexity index is 2200. The van der Waals surface area contributed by atoms with Gasteiger partial charge in [0.15, 0.2) is 0 Å². The summed E-state index contributed by atoms with van der Waals surface area (Å²) in [5, 5.41) is 0. The zero-order valence-corrected chi connectivity index (χ0v) is 36.3. The zero-order valence-electron chi connectivity index (χ0n) is 36.3. The lowest BCUT2D eigenvalue weighted by Gasteiger charge is -2.45. The number of fused-ring (bicyclic) bond motifs is 8. The number of rotatable bonds is 6. The molecule has 6 saturated heterocycles. The van der Waals surface area contributed by atoms with E-state index in [9.17, 15) is 28.0 Å². The molecule has 0 unspecified atom stereocenters. The molecule has 0 saturated carbocycles. The van der Waals surface area contributed by atoms with Gasteiger partial charge in [-0.1, -0.05) is 36.4 Å². The lowest BCUT2D eigenvalue weighted by atomic mass is 9.85. The van der Waals surface area contributed by atoms with Gasteiger partial charge in [-0.2, -0.15) is 0 Å². The molecule has 0 radical (unpaired) electrons. The fraction of sp³-hybridized carbons (Fsp3) is 0.440. The van der Waals surface area contributed by atoms with E-state index in [2.05, 4.69) is 9.80 Å². The number of hydrogen-bond donors (Lipinski definition) is 0. The SMILES string of the molecule is COC(=O)c1ccc2c(c1)[C@@H](c1ccc(F)cc1)N(C(=O)O[C@@H]1CN3CCC1CC3)CC2.COC(=O)c1ccc2c(c1)[C@H](c1ccc(F)cc1)N(C(=O)O[C@@H]1CN3CCC1CC3)CC2. The molecule has 4 aromatic rings. The van der Waals surface area contributed by atoms with Crippen molar-refractivity contribution >= 4 is 24.1 Å². The molecular weight excluding hydrogens is 823 g/mol. The molecule has 0 N–H and O–H groups in total. The Morgan fingerprint density at radius 2 is 0.891 bits per heavy atom. The Labute approximate surface area is 372 Å². The Kier molecular flexibility index (Phi) is 12.7. The van der Waals surface area contributed by atoms with Crippen molar-refractivity contribution in [2.24, 2.45) is 11.8 Å². The lowest BCUT2D eigenvalue weighted by molar-refractivity contribution is -0.0465. The number of carbonyl (C=O) groups excluding carboxylic acids is 4. The molecule has 0 spiro atoms. The number of halogens is 2. The van der Waals surface area contributed by atoms with Crippen molar-refractivity contribution in [3.8, 4) is 0 Å². The third kappa shape index (κ3) is 8.94. The van der Waals surface area contributed by atoms with Crippen molar-refractivity contribution < 1.29 is 46.9 Å². The standard InChI is InChI=1S/2C25H27FN2O4/c2*1-31-24(29)19-3-2-16-10-13-28(23(21(16)14-19)18-4-6-20(26)7-5-18)25(30)32-22-15-27-11-8-17(22)9-12-27/h2*2-7,14,17,22-23H,8-13,15H2,1H3/t22-,23+;22-,23-/m11/s1. The molecule has 8 heterocycles. The van der Waals surface area contributed by atoms with Gasteiger partial charge < -0.3 is 18.9 Å². The first-order valence-corrected chi connectivity index (χ1v) is 22.4. The molecule has 4 atom stereocenters. The second-order valence-electron chi connectivity index (χ2n) is 17.7. The van der Waals surface area contributed by atoms with Crippen molar-refractivity contribution in [1.82, 2.24) is 19.6 Å². The van der Waals surface area contributed by atoms with Gasteiger partial charge in [0.1, 0.15) is 23.8 Å². The van der Waals surface area contributed by atoms with E-state index in [-0.39, 0.29) is 36.0 Å². The van der Waals surface area contributed by atoms with Crippen LogP contribution < -0.4 is 0 Å². The van der Waals surface area contributed by atoms with Crippen LogP contribution in [0.5, 0.6) is 0 Å². The monoisotopic (exact) mass is 876 g/mol. The van der Waals surface area contributed by atoms with E-state index in [4.69, 9.17) is 18.9 Å². The second kappa shape index (κ2) is 18.7.